The standard InChI is InChI=1S/C17H31NO2.CH2Cl2/c1-14(15-9-5-3-6-10-15)13-20-17(19)18(2)16-11-7-4-8-12-16;2-1-3/h14-16H,3-13H2,1-2H3;1H2/t14-;/m0./s1. The molecule has 3 nitrogen and oxygen atoms in total. The van der Waals surface area contributed by atoms with Gasteiger partial charge in [-0.25, -0.2) is 4.79 Å². The fraction of sp³-hybridized carbons (Fsp3) is 0.944. The Bertz CT molecular complexity index is 316. The van der Waals surface area contributed by atoms with Crippen molar-refractivity contribution in [3.63, 3.8) is 0 Å². The summed E-state index contributed by atoms with van der Waals surface area (Å²) in [6.07, 6.45) is 12.7. The highest BCUT2D eigenvalue weighted by Crippen LogP contribution is 2.30. The van der Waals surface area contributed by atoms with Crippen molar-refractivity contribution in [3.05, 3.63) is 0 Å². The minimum absolute atomic E-state index is 0.112. The first-order chi connectivity index (χ1) is 11.1. The molecule has 23 heavy (non-hydrogen) atoms. The fourth-order valence-electron chi connectivity index (χ4n) is 3.76. The predicted molar refractivity (Wildman–Crippen MR) is 98.3 cm³/mol. The molecule has 2 aliphatic carbocycles. The highest BCUT2D eigenvalue weighted by Gasteiger charge is 2.25. The largest absolute Gasteiger partial charge is 0.449 e. The van der Waals surface area contributed by atoms with Gasteiger partial charge in [-0.2, -0.15) is 0 Å². The summed E-state index contributed by atoms with van der Waals surface area (Å²) < 4.78 is 5.56. The van der Waals surface area contributed by atoms with Crippen LogP contribution in [-0.4, -0.2) is 36.0 Å². The Balaban J connectivity index is 0.000000816. The predicted octanol–water partition coefficient (Wildman–Crippen LogP) is 6.03. The van der Waals surface area contributed by atoms with E-state index in [0.29, 0.717) is 18.6 Å². The van der Waals surface area contributed by atoms with Crippen molar-refractivity contribution in [3.8, 4) is 0 Å². The monoisotopic (exact) mass is 365 g/mol. The molecule has 0 unspecified atom stereocenters. The summed E-state index contributed by atoms with van der Waals surface area (Å²) in [5, 5.41) is 0.194. The fourth-order valence-corrected chi connectivity index (χ4v) is 3.76. The summed E-state index contributed by atoms with van der Waals surface area (Å²) in [7, 11) is 1.91. The van der Waals surface area contributed by atoms with Gasteiger partial charge in [0.1, 0.15) is 0 Å². The van der Waals surface area contributed by atoms with Gasteiger partial charge in [-0.05, 0) is 24.7 Å². The van der Waals surface area contributed by atoms with E-state index in [1.54, 1.807) is 0 Å². The van der Waals surface area contributed by atoms with Gasteiger partial charge in [0.05, 0.1) is 11.9 Å². The number of nitrogens with zero attached hydrogens (tertiary/aromatic N) is 1. The van der Waals surface area contributed by atoms with Crippen molar-refractivity contribution < 1.29 is 9.53 Å². The molecule has 0 aromatic heterocycles. The summed E-state index contributed by atoms with van der Waals surface area (Å²) in [4.78, 5) is 14.0. The van der Waals surface area contributed by atoms with E-state index < -0.39 is 0 Å². The van der Waals surface area contributed by atoms with Gasteiger partial charge in [-0.3, -0.25) is 0 Å². The van der Waals surface area contributed by atoms with Gasteiger partial charge in [-0.15, -0.1) is 23.2 Å². The second-order valence-electron chi connectivity index (χ2n) is 6.96. The summed E-state index contributed by atoms with van der Waals surface area (Å²) in [6, 6.07) is 0.404. The molecule has 0 radical (unpaired) electrons. The zero-order valence-electron chi connectivity index (χ0n) is 14.7. The van der Waals surface area contributed by atoms with Crippen LogP contribution >= 0.6 is 23.2 Å². The molecule has 2 fully saturated rings. The number of carbonyl (C=O) groups is 1. The van der Waals surface area contributed by atoms with Gasteiger partial charge in [0, 0.05) is 13.1 Å². The number of halogens is 2. The van der Waals surface area contributed by atoms with Crippen molar-refractivity contribution in [2.75, 3.05) is 19.0 Å². The van der Waals surface area contributed by atoms with Crippen LogP contribution in [0.1, 0.15) is 71.1 Å². The van der Waals surface area contributed by atoms with Crippen LogP contribution in [0.5, 0.6) is 0 Å². The van der Waals surface area contributed by atoms with E-state index in [1.807, 2.05) is 11.9 Å². The first-order valence-electron chi connectivity index (χ1n) is 9.11. The maximum Gasteiger partial charge on any atom is 0.409 e. The average molecular weight is 366 g/mol. The third-order valence-corrected chi connectivity index (χ3v) is 5.33. The normalized spacial score (nSPS) is 21.0. The molecule has 0 saturated heterocycles. The molecule has 0 N–H and O–H groups in total. The minimum atomic E-state index is -0.112. The molecule has 2 aliphatic rings. The summed E-state index contributed by atoms with van der Waals surface area (Å²) >= 11 is 9.53. The average Bonchev–Trinajstić information content (AvgIpc) is 2.61. The quantitative estimate of drug-likeness (QED) is 0.569. The van der Waals surface area contributed by atoms with Crippen molar-refractivity contribution in [2.24, 2.45) is 11.8 Å². The number of carbonyl (C=O) groups excluding carboxylic acids is 1. The molecule has 1 atom stereocenters. The molecule has 0 aromatic carbocycles. The molecule has 0 heterocycles. The van der Waals surface area contributed by atoms with E-state index in [2.05, 4.69) is 6.92 Å². The van der Waals surface area contributed by atoms with Crippen molar-refractivity contribution in [2.45, 2.75) is 77.2 Å². The van der Waals surface area contributed by atoms with Crippen LogP contribution in [0.15, 0.2) is 0 Å². The van der Waals surface area contributed by atoms with Gasteiger partial charge in [0.2, 0.25) is 0 Å². The Kier molecular flexibility index (Phi) is 11.1. The second-order valence-corrected chi connectivity index (χ2v) is 7.76. The third kappa shape index (κ3) is 7.98. The van der Waals surface area contributed by atoms with E-state index in [1.165, 1.54) is 51.4 Å². The Morgan fingerprint density at radius 1 is 1.04 bits per heavy atom. The summed E-state index contributed by atoms with van der Waals surface area (Å²) in [5.74, 6) is 1.27. The van der Waals surface area contributed by atoms with Gasteiger partial charge in [-0.1, -0.05) is 58.3 Å². The molecule has 0 bridgehead atoms. The minimum Gasteiger partial charge on any atom is -0.449 e. The zero-order chi connectivity index (χ0) is 17.1. The Morgan fingerprint density at radius 2 is 1.52 bits per heavy atom. The van der Waals surface area contributed by atoms with Crippen LogP contribution in [0.4, 0.5) is 4.79 Å². The number of hydrogen-bond acceptors (Lipinski definition) is 2. The molecule has 5 heteroatoms. The number of amides is 1. The van der Waals surface area contributed by atoms with Crippen LogP contribution in [-0.2, 0) is 4.74 Å². The highest BCUT2D eigenvalue weighted by atomic mass is 35.5. The van der Waals surface area contributed by atoms with Gasteiger partial charge in [0.15, 0.2) is 0 Å². The first kappa shape index (κ1) is 20.9. The molecule has 0 aromatic rings. The van der Waals surface area contributed by atoms with Crippen LogP contribution in [0.2, 0.25) is 0 Å². The number of alkyl halides is 2. The van der Waals surface area contributed by atoms with Crippen LogP contribution in [0, 0.1) is 11.8 Å². The first-order valence-corrected chi connectivity index (χ1v) is 10.2. The highest BCUT2D eigenvalue weighted by molar-refractivity contribution is 6.40. The van der Waals surface area contributed by atoms with Gasteiger partial charge >= 0.3 is 6.09 Å². The smallest absolute Gasteiger partial charge is 0.409 e. The Labute approximate surface area is 152 Å². The SMILES string of the molecule is C[C@@H](COC(=O)N(C)C1CCCCC1)C1CCCCC1.ClCCl. The van der Waals surface area contributed by atoms with Crippen LogP contribution in [0.25, 0.3) is 0 Å². The summed E-state index contributed by atoms with van der Waals surface area (Å²) in [6.45, 7) is 2.84. The van der Waals surface area contributed by atoms with Gasteiger partial charge in [0.25, 0.3) is 0 Å². The molecular formula is C18H33Cl2NO2. The lowest BCUT2D eigenvalue weighted by molar-refractivity contribution is 0.0652. The lowest BCUT2D eigenvalue weighted by Gasteiger charge is -2.32. The lowest BCUT2D eigenvalue weighted by atomic mass is 9.81. The van der Waals surface area contributed by atoms with Crippen LogP contribution in [0.3, 0.4) is 0 Å². The molecular weight excluding hydrogens is 333 g/mol. The molecule has 136 valence electrons. The third-order valence-electron chi connectivity index (χ3n) is 5.33. The second kappa shape index (κ2) is 12.2. The van der Waals surface area contributed by atoms with E-state index in [4.69, 9.17) is 27.9 Å². The molecule has 0 spiro atoms. The molecule has 1 amide bonds. The van der Waals surface area contributed by atoms with Crippen molar-refractivity contribution in [1.29, 1.82) is 0 Å². The summed E-state index contributed by atoms with van der Waals surface area (Å²) in [5.41, 5.74) is 0. The van der Waals surface area contributed by atoms with Crippen molar-refractivity contribution >= 4 is 29.3 Å². The van der Waals surface area contributed by atoms with E-state index in [-0.39, 0.29) is 11.4 Å². The lowest BCUT2D eigenvalue weighted by Crippen LogP contribution is -2.39. The maximum atomic E-state index is 12.1. The van der Waals surface area contributed by atoms with E-state index in [0.717, 1.165) is 18.8 Å². The number of hydrogen-bond donors (Lipinski definition) is 0. The van der Waals surface area contributed by atoms with Crippen LogP contribution < -0.4 is 0 Å². The Hall–Kier alpha value is -0.150. The number of ether oxygens (including phenoxy) is 1. The Morgan fingerprint density at radius 3 is 2.04 bits per heavy atom. The van der Waals surface area contributed by atoms with E-state index >= 15 is 0 Å². The zero-order valence-corrected chi connectivity index (χ0v) is 16.2. The van der Waals surface area contributed by atoms with Crippen molar-refractivity contribution in [1.82, 2.24) is 4.90 Å². The van der Waals surface area contributed by atoms with E-state index in [9.17, 15) is 4.79 Å². The van der Waals surface area contributed by atoms with Gasteiger partial charge < -0.3 is 9.64 Å². The maximum absolute atomic E-state index is 12.1. The molecule has 2 rings (SSSR count). The molecule has 2 saturated carbocycles. The molecule has 0 aliphatic heterocycles. The topological polar surface area (TPSA) is 29.5 Å². The number of rotatable bonds is 4.